The Bertz CT molecular complexity index is 1060. The van der Waals surface area contributed by atoms with Crippen molar-refractivity contribution >= 4 is 51.9 Å². The molecule has 1 aliphatic carbocycles. The second-order valence-corrected chi connectivity index (χ2v) is 9.18. The van der Waals surface area contributed by atoms with Gasteiger partial charge < -0.3 is 14.6 Å². The number of carbonyl (C=O) groups is 4. The van der Waals surface area contributed by atoms with E-state index in [-0.39, 0.29) is 22.6 Å². The van der Waals surface area contributed by atoms with Crippen LogP contribution in [0, 0.1) is 0 Å². The van der Waals surface area contributed by atoms with E-state index in [0.717, 1.165) is 46.4 Å². The van der Waals surface area contributed by atoms with Gasteiger partial charge in [0.05, 0.1) is 23.9 Å². The molecule has 0 radical (unpaired) electrons. The number of thiophene rings is 1. The van der Waals surface area contributed by atoms with Gasteiger partial charge in [-0.3, -0.25) is 9.59 Å². The summed E-state index contributed by atoms with van der Waals surface area (Å²) in [6, 6.07) is 2.80. The van der Waals surface area contributed by atoms with E-state index >= 15 is 0 Å². The van der Waals surface area contributed by atoms with Crippen molar-refractivity contribution in [2.75, 3.05) is 12.0 Å². The summed E-state index contributed by atoms with van der Waals surface area (Å²) in [7, 11) is 1.27. The first kappa shape index (κ1) is 20.5. The lowest BCUT2D eigenvalue weighted by Gasteiger charge is -2.16. The van der Waals surface area contributed by atoms with Crippen molar-refractivity contribution < 1.29 is 29.0 Å². The minimum atomic E-state index is -1.40. The lowest BCUT2D eigenvalue weighted by Crippen LogP contribution is -2.32. The second kappa shape index (κ2) is 8.19. The van der Waals surface area contributed by atoms with Crippen LogP contribution in [0.3, 0.4) is 0 Å². The van der Waals surface area contributed by atoms with E-state index in [9.17, 15) is 24.3 Å². The van der Waals surface area contributed by atoms with Crippen molar-refractivity contribution in [3.05, 3.63) is 39.9 Å². The zero-order chi connectivity index (χ0) is 21.4. The molecule has 0 spiro atoms. The summed E-state index contributed by atoms with van der Waals surface area (Å²) in [5.74, 6) is -2.90. The number of aryl methyl sites for hydroxylation is 1. The standard InChI is InChI=1S/C20H18N2O6S2/c1-28-20(27)15-10-5-2-3-7-12(10)30-18(15)22-14(23)9-13(17(22)24)29-16-11(19(25)26)6-4-8-21-16/h4,6,8,13H,2-3,5,7,9H2,1H3,(H,25,26)/p-1/t13-/m0/s1. The molecule has 0 N–H and O–H groups in total. The Morgan fingerprint density at radius 3 is 2.80 bits per heavy atom. The number of methoxy groups -OCH3 is 1. The van der Waals surface area contributed by atoms with E-state index in [1.165, 1.54) is 36.8 Å². The molecule has 156 valence electrons. The summed E-state index contributed by atoms with van der Waals surface area (Å²) >= 11 is 2.20. The predicted molar refractivity (Wildman–Crippen MR) is 108 cm³/mol. The molecule has 0 aromatic carbocycles. The van der Waals surface area contributed by atoms with Crippen molar-refractivity contribution in [3.8, 4) is 0 Å². The highest BCUT2D eigenvalue weighted by atomic mass is 32.2. The number of carboxylic acids is 1. The van der Waals surface area contributed by atoms with E-state index in [4.69, 9.17) is 4.74 Å². The smallest absolute Gasteiger partial charge is 0.341 e. The number of thioether (sulfide) groups is 1. The van der Waals surface area contributed by atoms with Crippen LogP contribution in [0.4, 0.5) is 5.00 Å². The molecular weight excluding hydrogens is 428 g/mol. The van der Waals surface area contributed by atoms with Gasteiger partial charge in [-0.15, -0.1) is 11.3 Å². The van der Waals surface area contributed by atoms with E-state index in [2.05, 4.69) is 4.98 Å². The first-order chi connectivity index (χ1) is 14.4. The molecule has 0 saturated carbocycles. The number of aromatic carboxylic acids is 1. The quantitative estimate of drug-likeness (QED) is 0.503. The first-order valence-electron chi connectivity index (χ1n) is 9.35. The van der Waals surface area contributed by atoms with Crippen molar-refractivity contribution in [1.82, 2.24) is 4.98 Å². The summed E-state index contributed by atoms with van der Waals surface area (Å²) < 4.78 is 4.93. The zero-order valence-electron chi connectivity index (χ0n) is 16.0. The van der Waals surface area contributed by atoms with E-state index in [1.807, 2.05) is 0 Å². The molecule has 30 heavy (non-hydrogen) atoms. The highest BCUT2D eigenvalue weighted by Gasteiger charge is 2.44. The molecule has 0 bridgehead atoms. The van der Waals surface area contributed by atoms with Crippen molar-refractivity contribution in [2.24, 2.45) is 0 Å². The van der Waals surface area contributed by atoms with Gasteiger partial charge in [0.2, 0.25) is 11.8 Å². The van der Waals surface area contributed by atoms with Gasteiger partial charge in [0, 0.05) is 23.1 Å². The minimum Gasteiger partial charge on any atom is -0.545 e. The summed E-state index contributed by atoms with van der Waals surface area (Å²) in [6.07, 6.45) is 4.71. The lowest BCUT2D eigenvalue weighted by molar-refractivity contribution is -0.255. The number of hydrogen-bond donors (Lipinski definition) is 0. The SMILES string of the molecule is COC(=O)c1c(N2C(=O)C[C@H](Sc3ncccc3C(=O)[O-])C2=O)sc2c1CCCC2. The van der Waals surface area contributed by atoms with Crippen molar-refractivity contribution in [3.63, 3.8) is 0 Å². The first-order valence-corrected chi connectivity index (χ1v) is 11.0. The topological polar surface area (TPSA) is 117 Å². The van der Waals surface area contributed by atoms with Crippen molar-refractivity contribution in [1.29, 1.82) is 0 Å². The average molecular weight is 445 g/mol. The normalized spacial score (nSPS) is 18.4. The summed E-state index contributed by atoms with van der Waals surface area (Å²) in [6.45, 7) is 0. The second-order valence-electron chi connectivity index (χ2n) is 6.90. The van der Waals surface area contributed by atoms with Crippen LogP contribution < -0.4 is 10.0 Å². The number of imide groups is 1. The number of esters is 1. The molecule has 3 heterocycles. The third-order valence-corrected chi connectivity index (χ3v) is 7.57. The maximum Gasteiger partial charge on any atom is 0.341 e. The Kier molecular flexibility index (Phi) is 5.61. The fourth-order valence-corrected chi connectivity index (χ4v) is 6.21. The van der Waals surface area contributed by atoms with Crippen LogP contribution >= 0.6 is 23.1 Å². The van der Waals surface area contributed by atoms with Gasteiger partial charge in [-0.05, 0) is 43.4 Å². The number of ether oxygens (including phenoxy) is 1. The summed E-state index contributed by atoms with van der Waals surface area (Å²) in [4.78, 5) is 55.8. The van der Waals surface area contributed by atoms with Gasteiger partial charge in [0.1, 0.15) is 10.0 Å². The minimum absolute atomic E-state index is 0.115. The van der Waals surface area contributed by atoms with Crippen LogP contribution in [0.1, 0.15) is 50.4 Å². The van der Waals surface area contributed by atoms with Gasteiger partial charge in [-0.2, -0.15) is 0 Å². The lowest BCUT2D eigenvalue weighted by atomic mass is 9.95. The van der Waals surface area contributed by atoms with E-state index < -0.39 is 29.0 Å². The third kappa shape index (κ3) is 3.50. The number of amides is 2. The molecule has 1 atom stereocenters. The maximum atomic E-state index is 13.1. The predicted octanol–water partition coefficient (Wildman–Crippen LogP) is 1.60. The average Bonchev–Trinajstić information content (AvgIpc) is 3.24. The van der Waals surface area contributed by atoms with Gasteiger partial charge in [-0.1, -0.05) is 11.8 Å². The Morgan fingerprint density at radius 2 is 2.07 bits per heavy atom. The molecule has 2 aliphatic rings. The molecule has 4 rings (SSSR count). The van der Waals surface area contributed by atoms with Crippen molar-refractivity contribution in [2.45, 2.75) is 42.4 Å². The fourth-order valence-electron chi connectivity index (χ4n) is 3.71. The van der Waals surface area contributed by atoms with Crippen LogP contribution in [0.25, 0.3) is 0 Å². The number of carboxylic acid groups (broad SMARTS) is 1. The Labute approximate surface area is 180 Å². The van der Waals surface area contributed by atoms with Crippen LogP contribution in [0.5, 0.6) is 0 Å². The number of fused-ring (bicyclic) bond motifs is 1. The highest BCUT2D eigenvalue weighted by Crippen LogP contribution is 2.44. The molecule has 1 fully saturated rings. The molecule has 2 aromatic heterocycles. The van der Waals surface area contributed by atoms with Gasteiger partial charge in [0.15, 0.2) is 0 Å². The number of hydrogen-bond acceptors (Lipinski definition) is 9. The molecule has 8 nitrogen and oxygen atoms in total. The zero-order valence-corrected chi connectivity index (χ0v) is 17.6. The Hall–Kier alpha value is -2.72. The van der Waals surface area contributed by atoms with Crippen LogP contribution in [-0.4, -0.2) is 41.1 Å². The molecule has 2 aromatic rings. The molecule has 2 amide bonds. The van der Waals surface area contributed by atoms with Gasteiger partial charge in [0.25, 0.3) is 0 Å². The molecule has 1 aliphatic heterocycles. The number of anilines is 1. The molecular formula is C20H17N2O6S2-. The third-order valence-electron chi connectivity index (χ3n) is 5.10. The fraction of sp³-hybridized carbons (Fsp3) is 0.350. The maximum absolute atomic E-state index is 13.1. The number of carbonyl (C=O) groups excluding carboxylic acids is 4. The molecule has 0 unspecified atom stereocenters. The highest BCUT2D eigenvalue weighted by molar-refractivity contribution is 8.00. The Balaban J connectivity index is 1.68. The number of pyridine rings is 1. The molecule has 10 heteroatoms. The number of aromatic nitrogens is 1. The van der Waals surface area contributed by atoms with Gasteiger partial charge >= 0.3 is 5.97 Å². The van der Waals surface area contributed by atoms with Crippen LogP contribution in [-0.2, 0) is 27.2 Å². The summed E-state index contributed by atoms with van der Waals surface area (Å²) in [5.41, 5.74) is 1.01. The molecule has 1 saturated heterocycles. The largest absolute Gasteiger partial charge is 0.545 e. The summed E-state index contributed by atoms with van der Waals surface area (Å²) in [5, 5.41) is 10.9. The number of rotatable bonds is 5. The van der Waals surface area contributed by atoms with Gasteiger partial charge in [-0.25, -0.2) is 14.7 Å². The number of nitrogens with zero attached hydrogens (tertiary/aromatic N) is 2. The Morgan fingerprint density at radius 1 is 1.30 bits per heavy atom. The monoisotopic (exact) mass is 445 g/mol. The van der Waals surface area contributed by atoms with Crippen LogP contribution in [0.2, 0.25) is 0 Å². The van der Waals surface area contributed by atoms with E-state index in [0.29, 0.717) is 11.4 Å². The van der Waals surface area contributed by atoms with E-state index in [1.54, 1.807) is 0 Å². The van der Waals surface area contributed by atoms with Crippen LogP contribution in [0.15, 0.2) is 23.4 Å².